The van der Waals surface area contributed by atoms with Crippen molar-refractivity contribution < 1.29 is 43.2 Å². The topological polar surface area (TPSA) is 148 Å². The van der Waals surface area contributed by atoms with Crippen LogP contribution in [0.15, 0.2) is 0 Å². The quantitative estimate of drug-likeness (QED) is 0.211. The van der Waals surface area contributed by atoms with Gasteiger partial charge < -0.3 is 49.2 Å². The highest BCUT2D eigenvalue weighted by molar-refractivity contribution is 6.00. The number of carbonyl (C=O) groups is 3. The number of nitrogens with zero attached hydrogens (tertiary/aromatic N) is 2. The fourth-order valence-electron chi connectivity index (χ4n) is 8.98. The van der Waals surface area contributed by atoms with Gasteiger partial charge in [0.05, 0.1) is 23.9 Å². The van der Waals surface area contributed by atoms with Gasteiger partial charge in [0.25, 0.3) is 0 Å². The second-order valence-electron chi connectivity index (χ2n) is 17.5. The first kappa shape index (κ1) is 41.3. The molecule has 0 radical (unpaired) electrons. The number of hydrogen-bond acceptors (Lipinski definition) is 12. The van der Waals surface area contributed by atoms with E-state index in [1.54, 1.807) is 27.9 Å². The first-order chi connectivity index (χ1) is 24.5. The first-order valence-corrected chi connectivity index (χ1v) is 19.9. The maximum Gasteiger partial charge on any atom is 0.408 e. The molecule has 2 unspecified atom stereocenters. The van der Waals surface area contributed by atoms with E-state index in [1.807, 2.05) is 39.8 Å². The highest BCUT2D eigenvalue weighted by atomic mass is 16.7. The van der Waals surface area contributed by atoms with Gasteiger partial charge in [-0.2, -0.15) is 0 Å². The Labute approximate surface area is 311 Å². The molecule has 3 aliphatic heterocycles. The molecular weight excluding hydrogens is 668 g/mol. The number of methoxy groups -OCH3 is 1. The van der Waals surface area contributed by atoms with Crippen LogP contribution in [0.3, 0.4) is 0 Å². The molecule has 5 aliphatic rings. The molecule has 0 bridgehead atoms. The van der Waals surface area contributed by atoms with E-state index in [-0.39, 0.29) is 29.9 Å². The van der Waals surface area contributed by atoms with Gasteiger partial charge in [-0.15, -0.1) is 0 Å². The van der Waals surface area contributed by atoms with Crippen molar-refractivity contribution in [3.05, 3.63) is 0 Å². The van der Waals surface area contributed by atoms with Crippen LogP contribution in [0.5, 0.6) is 0 Å². The second kappa shape index (κ2) is 16.9. The number of carbonyl (C=O) groups excluding carboxylic acids is 3. The number of Topliss-reactive ketones (excluding diaryl/α,β-unsaturated/α-hetero) is 1. The van der Waals surface area contributed by atoms with E-state index in [0.717, 1.165) is 31.5 Å². The summed E-state index contributed by atoms with van der Waals surface area (Å²) < 4.78 is 31.7. The molecule has 0 aromatic rings. The summed E-state index contributed by atoms with van der Waals surface area (Å²) in [6, 6.07) is -0.944. The number of amides is 1. The number of rotatable bonds is 11. The Balaban J connectivity index is 1.43. The lowest BCUT2D eigenvalue weighted by Gasteiger charge is -2.47. The van der Waals surface area contributed by atoms with Gasteiger partial charge in [-0.1, -0.05) is 20.8 Å². The number of aliphatic hydroxyl groups excluding tert-OH is 1. The maximum atomic E-state index is 14.4. The summed E-state index contributed by atoms with van der Waals surface area (Å²) in [7, 11) is 5.54. The van der Waals surface area contributed by atoms with Crippen molar-refractivity contribution in [2.45, 2.75) is 153 Å². The number of fused-ring (bicyclic) bond motifs is 1. The number of ketones is 1. The third-order valence-corrected chi connectivity index (χ3v) is 12.6. The predicted molar refractivity (Wildman–Crippen MR) is 195 cm³/mol. The predicted octanol–water partition coefficient (Wildman–Crippen LogP) is 3.35. The summed E-state index contributed by atoms with van der Waals surface area (Å²) in [6.45, 7) is 16.4. The Morgan fingerprint density at radius 1 is 0.981 bits per heavy atom. The summed E-state index contributed by atoms with van der Waals surface area (Å²) in [5, 5.41) is 18.3. The number of cyclic esters (lactones) is 1. The van der Waals surface area contributed by atoms with Crippen LogP contribution in [0.1, 0.15) is 93.4 Å². The lowest BCUT2D eigenvalue weighted by atomic mass is 9.78. The highest BCUT2D eigenvalue weighted by Gasteiger charge is 2.55. The molecule has 13 nitrogen and oxygen atoms in total. The van der Waals surface area contributed by atoms with Crippen LogP contribution in [0, 0.1) is 29.6 Å². The van der Waals surface area contributed by atoms with Crippen LogP contribution < -0.4 is 10.6 Å². The Kier molecular flexibility index (Phi) is 13.4. The second-order valence-corrected chi connectivity index (χ2v) is 17.5. The summed E-state index contributed by atoms with van der Waals surface area (Å²) in [5.74, 6) is -1.49. The van der Waals surface area contributed by atoms with E-state index in [1.165, 1.54) is 25.7 Å². The molecular formula is C39H68N4O9. The average Bonchev–Trinajstić information content (AvgIpc) is 4.04. The summed E-state index contributed by atoms with van der Waals surface area (Å²) in [4.78, 5) is 45.3. The van der Waals surface area contributed by atoms with Crippen LogP contribution in [-0.4, -0.2) is 140 Å². The van der Waals surface area contributed by atoms with E-state index in [4.69, 9.17) is 23.7 Å². The highest BCUT2D eigenvalue weighted by Crippen LogP contribution is 2.39. The molecule has 1 amide bonds. The van der Waals surface area contributed by atoms with Gasteiger partial charge in [-0.05, 0) is 111 Å². The third-order valence-electron chi connectivity index (χ3n) is 12.6. The van der Waals surface area contributed by atoms with Crippen LogP contribution in [0.25, 0.3) is 0 Å². The first-order valence-electron chi connectivity index (χ1n) is 19.9. The minimum absolute atomic E-state index is 0.0327. The monoisotopic (exact) mass is 736 g/mol. The van der Waals surface area contributed by atoms with Crippen LogP contribution in [-0.2, 0) is 33.3 Å². The van der Waals surface area contributed by atoms with Crippen molar-refractivity contribution in [1.29, 1.82) is 0 Å². The van der Waals surface area contributed by atoms with Crippen molar-refractivity contribution in [3.8, 4) is 0 Å². The third kappa shape index (κ3) is 9.49. The van der Waals surface area contributed by atoms with E-state index in [0.29, 0.717) is 25.8 Å². The fourth-order valence-corrected chi connectivity index (χ4v) is 8.98. The van der Waals surface area contributed by atoms with Crippen molar-refractivity contribution >= 4 is 17.8 Å². The molecule has 13 heteroatoms. The zero-order chi connectivity index (χ0) is 38.1. The Hall–Kier alpha value is -1.87. The van der Waals surface area contributed by atoms with Gasteiger partial charge in [0, 0.05) is 44.7 Å². The number of ether oxygens (including phenoxy) is 5. The number of esters is 1. The number of alkyl carbamates (subject to hydrolysis) is 1. The zero-order valence-corrected chi connectivity index (χ0v) is 33.4. The molecule has 3 N–H and O–H groups in total. The van der Waals surface area contributed by atoms with Crippen molar-refractivity contribution in [1.82, 2.24) is 20.4 Å². The summed E-state index contributed by atoms with van der Waals surface area (Å²) in [5.41, 5.74) is -2.17. The molecule has 0 spiro atoms. The summed E-state index contributed by atoms with van der Waals surface area (Å²) >= 11 is 0. The average molecular weight is 737 g/mol. The van der Waals surface area contributed by atoms with Gasteiger partial charge in [0.15, 0.2) is 17.7 Å². The minimum Gasteiger partial charge on any atom is -0.458 e. The largest absolute Gasteiger partial charge is 0.458 e. The minimum atomic E-state index is -1.15. The Bertz CT molecular complexity index is 1230. The number of hydrogen-bond donors (Lipinski definition) is 3. The van der Waals surface area contributed by atoms with Crippen molar-refractivity contribution in [3.63, 3.8) is 0 Å². The lowest BCUT2D eigenvalue weighted by molar-refractivity contribution is -0.299. The Morgan fingerprint density at radius 2 is 1.62 bits per heavy atom. The van der Waals surface area contributed by atoms with E-state index >= 15 is 0 Å². The van der Waals surface area contributed by atoms with Gasteiger partial charge in [-0.3, -0.25) is 9.59 Å². The number of nitrogens with one attached hydrogen (secondary N) is 2. The van der Waals surface area contributed by atoms with Gasteiger partial charge >= 0.3 is 12.1 Å². The van der Waals surface area contributed by atoms with Crippen LogP contribution >= 0.6 is 0 Å². The standard InChI is InChI=1S/C39H68N4O9/c1-11-30-39(7)33(41-37(47)52-39)25(5)40-18-22(2)17-38(6,48-10)34(23(3)31(44)24(4)35(46)50-30)51-36-32(45)29(42(8)9)16-28(49-36)21-43(19-26-12-13-26)20-27-14-15-27/h22-30,32-34,36,40,45H,11-21H2,1-10H3,(H,41,47)/t22-,23+,24?,25-,28+,29?,30-,32-,33-,34-,36+,38-,39-/m1/s1. The normalized spacial score (nSPS) is 42.6. The molecule has 2 saturated carbocycles. The smallest absolute Gasteiger partial charge is 0.408 e. The molecule has 3 heterocycles. The zero-order valence-electron chi connectivity index (χ0n) is 33.4. The molecule has 52 heavy (non-hydrogen) atoms. The van der Waals surface area contributed by atoms with Crippen LogP contribution in [0.2, 0.25) is 0 Å². The van der Waals surface area contributed by atoms with E-state index in [2.05, 4.69) is 22.5 Å². The number of likely N-dealkylation sites (N-methyl/N-ethyl adjacent to an activating group) is 1. The number of aliphatic hydroxyl groups is 1. The van der Waals surface area contributed by atoms with Gasteiger partial charge in [-0.25, -0.2) is 4.79 Å². The summed E-state index contributed by atoms with van der Waals surface area (Å²) in [6.07, 6.45) is 2.25. The Morgan fingerprint density at radius 3 is 2.17 bits per heavy atom. The van der Waals surface area contributed by atoms with E-state index in [9.17, 15) is 19.5 Å². The molecule has 5 rings (SSSR count). The molecule has 0 aromatic carbocycles. The molecule has 2 aliphatic carbocycles. The van der Waals surface area contributed by atoms with Gasteiger partial charge in [0.2, 0.25) is 0 Å². The van der Waals surface area contributed by atoms with E-state index < -0.39 is 65.7 Å². The maximum absolute atomic E-state index is 14.4. The molecule has 0 aromatic heterocycles. The molecule has 5 fully saturated rings. The van der Waals surface area contributed by atoms with Crippen molar-refractivity contribution in [2.75, 3.05) is 47.4 Å². The fraction of sp³-hybridized carbons (Fsp3) is 0.923. The molecule has 3 saturated heterocycles. The van der Waals surface area contributed by atoms with Crippen molar-refractivity contribution in [2.24, 2.45) is 29.6 Å². The van der Waals surface area contributed by atoms with Crippen LogP contribution in [0.4, 0.5) is 4.79 Å². The lowest BCUT2D eigenvalue weighted by Crippen LogP contribution is -2.60. The van der Waals surface area contributed by atoms with Gasteiger partial charge in [0.1, 0.15) is 18.1 Å². The SMILES string of the molecule is CC[C@H]1OC(=O)C(C)C(=O)[C@H](C)[C@@H](O[C@@H]2O[C@H](CN(CC3CC3)CC3CC3)CC(N(C)C)[C@H]2O)[C@](C)(OC)C[C@@H](C)CN[C@H](C)[C@H]2NC(=O)O[C@@]21C. The molecule has 298 valence electrons. The molecule has 13 atom stereocenters.